The molecule has 1 aliphatic carbocycles. The summed E-state index contributed by atoms with van der Waals surface area (Å²) < 4.78 is 26.6. The number of carbonyl (C=O) groups excluding carboxylic acids is 3. The quantitative estimate of drug-likeness (QED) is 0.391. The van der Waals surface area contributed by atoms with Crippen molar-refractivity contribution in [3.63, 3.8) is 0 Å². The van der Waals surface area contributed by atoms with Gasteiger partial charge in [0.25, 0.3) is 5.91 Å². The summed E-state index contributed by atoms with van der Waals surface area (Å²) in [5.74, 6) is -2.51. The molecule has 2 heterocycles. The maximum atomic E-state index is 14.3. The number of aryl methyl sites for hydroxylation is 1. The molecule has 0 N–H and O–H groups in total. The summed E-state index contributed by atoms with van der Waals surface area (Å²) in [6.45, 7) is 2.49. The number of carbonyl (C=O) groups is 3. The summed E-state index contributed by atoms with van der Waals surface area (Å²) in [7, 11) is 3.25. The number of hydrogen-bond donors (Lipinski definition) is 0. The number of benzene rings is 1. The molecule has 0 unspecified atom stereocenters. The third-order valence-electron chi connectivity index (χ3n) is 6.95. The van der Waals surface area contributed by atoms with Crippen LogP contribution in [0, 0.1) is 11.7 Å². The molecule has 2 aliphatic rings. The van der Waals surface area contributed by atoms with Gasteiger partial charge in [-0.25, -0.2) is 4.39 Å². The molecule has 0 radical (unpaired) electrons. The highest BCUT2D eigenvalue weighted by Crippen LogP contribution is 2.48. The second-order valence-electron chi connectivity index (χ2n) is 9.50. The first kappa shape index (κ1) is 26.0. The highest BCUT2D eigenvalue weighted by Gasteiger charge is 2.52. The van der Waals surface area contributed by atoms with Gasteiger partial charge in [-0.2, -0.15) is 0 Å². The van der Waals surface area contributed by atoms with Gasteiger partial charge in [0, 0.05) is 46.3 Å². The van der Waals surface area contributed by atoms with E-state index in [1.807, 2.05) is 0 Å². The zero-order chi connectivity index (χ0) is 26.2. The molecule has 8 nitrogen and oxygen atoms in total. The maximum Gasteiger partial charge on any atom is 0.311 e. The van der Waals surface area contributed by atoms with E-state index in [1.165, 1.54) is 23.2 Å². The molecule has 2 aromatic rings. The third kappa shape index (κ3) is 4.57. The third-order valence-corrected chi connectivity index (χ3v) is 7.25. The van der Waals surface area contributed by atoms with Gasteiger partial charge < -0.3 is 18.9 Å². The molecule has 1 aromatic carbocycles. The van der Waals surface area contributed by atoms with Crippen molar-refractivity contribution in [2.75, 3.05) is 27.3 Å². The SMILES string of the molecule is CCC(=O)Oc1c2n(cc(C(=O)CCc3cccc(Cl)c3F)c1=O)C1(CC(COC)C1)CN(C)C2=O. The van der Waals surface area contributed by atoms with Crippen LogP contribution in [0.5, 0.6) is 5.75 Å². The fourth-order valence-corrected chi connectivity index (χ4v) is 5.43. The monoisotopic (exact) mass is 518 g/mol. The van der Waals surface area contributed by atoms with Crippen molar-refractivity contribution in [1.82, 2.24) is 9.47 Å². The van der Waals surface area contributed by atoms with E-state index in [4.69, 9.17) is 21.1 Å². The molecule has 0 bridgehead atoms. The molecule has 192 valence electrons. The predicted molar refractivity (Wildman–Crippen MR) is 130 cm³/mol. The van der Waals surface area contributed by atoms with Crippen LogP contribution in [0.4, 0.5) is 4.39 Å². The first-order valence-corrected chi connectivity index (χ1v) is 12.2. The molecule has 1 aliphatic heterocycles. The lowest BCUT2D eigenvalue weighted by atomic mass is 9.67. The van der Waals surface area contributed by atoms with Gasteiger partial charge >= 0.3 is 5.97 Å². The highest BCUT2D eigenvalue weighted by atomic mass is 35.5. The Kier molecular flexibility index (Phi) is 7.33. The van der Waals surface area contributed by atoms with Gasteiger partial charge in [-0.3, -0.25) is 19.2 Å². The summed E-state index contributed by atoms with van der Waals surface area (Å²) in [6.07, 6.45) is 2.58. The van der Waals surface area contributed by atoms with Gasteiger partial charge in [0.05, 0.1) is 16.1 Å². The minimum Gasteiger partial charge on any atom is -0.420 e. The van der Waals surface area contributed by atoms with Gasteiger partial charge in [0.2, 0.25) is 11.2 Å². The Bertz CT molecular complexity index is 1280. The Morgan fingerprint density at radius 1 is 1.25 bits per heavy atom. The molecule has 0 saturated heterocycles. The minimum atomic E-state index is -0.828. The van der Waals surface area contributed by atoms with Crippen molar-refractivity contribution in [3.8, 4) is 5.75 Å². The Morgan fingerprint density at radius 2 is 1.97 bits per heavy atom. The number of aromatic nitrogens is 1. The first-order chi connectivity index (χ1) is 17.1. The lowest BCUT2D eigenvalue weighted by Crippen LogP contribution is -2.60. The van der Waals surface area contributed by atoms with E-state index in [0.29, 0.717) is 26.0 Å². The van der Waals surface area contributed by atoms with Crippen LogP contribution in [0.1, 0.15) is 59.0 Å². The van der Waals surface area contributed by atoms with Crippen molar-refractivity contribution in [1.29, 1.82) is 0 Å². The van der Waals surface area contributed by atoms with E-state index < -0.39 is 40.2 Å². The molecule has 36 heavy (non-hydrogen) atoms. The van der Waals surface area contributed by atoms with Crippen LogP contribution in [0.3, 0.4) is 0 Å². The van der Waals surface area contributed by atoms with E-state index in [0.717, 1.165) is 0 Å². The predicted octanol–water partition coefficient (Wildman–Crippen LogP) is 3.61. The van der Waals surface area contributed by atoms with Crippen molar-refractivity contribution in [3.05, 3.63) is 62.3 Å². The van der Waals surface area contributed by atoms with Crippen molar-refractivity contribution in [2.24, 2.45) is 5.92 Å². The second kappa shape index (κ2) is 10.1. The number of rotatable bonds is 8. The molecular formula is C26H28ClFN2O6. The number of amides is 1. The van der Waals surface area contributed by atoms with Crippen LogP contribution >= 0.6 is 11.6 Å². The fraction of sp³-hybridized carbons (Fsp3) is 0.462. The number of Topliss-reactive ketones (excluding diaryl/α,β-unsaturated/α-hetero) is 1. The number of fused-ring (bicyclic) bond motifs is 2. The Labute approximate surface area is 212 Å². The Balaban J connectivity index is 1.78. The number of pyridine rings is 1. The molecule has 0 atom stereocenters. The summed E-state index contributed by atoms with van der Waals surface area (Å²) in [6, 6.07) is 4.52. The standard InChI is InChI=1S/C26H28ClFN2O6/c1-4-20(32)36-24-22-25(34)29(2)14-26(10-15(11-26)13-35-3)30(22)12-17(23(24)33)19(31)9-8-16-6-5-7-18(27)21(16)28/h5-7,12,15H,4,8-11,13-14H2,1-3H3. The van der Waals surface area contributed by atoms with Crippen molar-refractivity contribution in [2.45, 2.75) is 44.6 Å². The first-order valence-electron chi connectivity index (χ1n) is 11.8. The normalized spacial score (nSPS) is 20.8. The Hall–Kier alpha value is -3.04. The zero-order valence-corrected chi connectivity index (χ0v) is 21.2. The van der Waals surface area contributed by atoms with Gasteiger partial charge in [0.15, 0.2) is 11.5 Å². The average Bonchev–Trinajstić information content (AvgIpc) is 2.83. The van der Waals surface area contributed by atoms with Gasteiger partial charge in [-0.05, 0) is 36.8 Å². The summed E-state index contributed by atoms with van der Waals surface area (Å²) in [5.41, 5.74) is -1.38. The van der Waals surface area contributed by atoms with E-state index in [-0.39, 0.29) is 47.0 Å². The molecule has 4 rings (SSSR count). The number of nitrogens with zero attached hydrogens (tertiary/aromatic N) is 2. The number of halogens is 2. The fourth-order valence-electron chi connectivity index (χ4n) is 5.23. The van der Waals surface area contributed by atoms with Crippen LogP contribution in [-0.2, 0) is 21.5 Å². The van der Waals surface area contributed by atoms with E-state index in [2.05, 4.69) is 0 Å². The number of likely N-dealkylation sites (N-methyl/N-ethyl adjacent to an activating group) is 1. The smallest absolute Gasteiger partial charge is 0.311 e. The average molecular weight is 519 g/mol. The maximum absolute atomic E-state index is 14.3. The number of esters is 1. The highest BCUT2D eigenvalue weighted by molar-refractivity contribution is 6.30. The van der Waals surface area contributed by atoms with Crippen LogP contribution < -0.4 is 10.2 Å². The molecule has 1 saturated carbocycles. The molecule has 1 aromatic heterocycles. The van der Waals surface area contributed by atoms with Crippen LogP contribution in [0.25, 0.3) is 0 Å². The van der Waals surface area contributed by atoms with Crippen LogP contribution in [0.2, 0.25) is 5.02 Å². The number of hydrogen-bond acceptors (Lipinski definition) is 6. The minimum absolute atomic E-state index is 0.0177. The van der Waals surface area contributed by atoms with Gasteiger partial charge in [0.1, 0.15) is 5.82 Å². The molecule has 1 fully saturated rings. The van der Waals surface area contributed by atoms with Gasteiger partial charge in [-0.15, -0.1) is 0 Å². The molecule has 1 amide bonds. The van der Waals surface area contributed by atoms with E-state index in [9.17, 15) is 23.6 Å². The molecule has 10 heteroatoms. The summed E-state index contributed by atoms with van der Waals surface area (Å²) in [4.78, 5) is 53.5. The Morgan fingerprint density at radius 3 is 2.64 bits per heavy atom. The number of ketones is 1. The van der Waals surface area contributed by atoms with E-state index in [1.54, 1.807) is 31.7 Å². The lowest BCUT2D eigenvalue weighted by Gasteiger charge is -2.54. The van der Waals surface area contributed by atoms with Crippen LogP contribution in [-0.4, -0.2) is 54.4 Å². The lowest BCUT2D eigenvalue weighted by molar-refractivity contribution is -0.134. The number of methoxy groups -OCH3 is 1. The summed E-state index contributed by atoms with van der Waals surface area (Å²) >= 11 is 5.84. The van der Waals surface area contributed by atoms with E-state index >= 15 is 0 Å². The van der Waals surface area contributed by atoms with Crippen LogP contribution in [0.15, 0.2) is 29.2 Å². The van der Waals surface area contributed by atoms with Gasteiger partial charge in [-0.1, -0.05) is 30.7 Å². The largest absolute Gasteiger partial charge is 0.420 e. The van der Waals surface area contributed by atoms with Crippen molar-refractivity contribution < 1.29 is 28.2 Å². The topological polar surface area (TPSA) is 94.9 Å². The summed E-state index contributed by atoms with van der Waals surface area (Å²) in [5, 5.41) is -0.0530. The second-order valence-corrected chi connectivity index (χ2v) is 9.91. The number of ether oxygens (including phenoxy) is 2. The van der Waals surface area contributed by atoms with Crippen molar-refractivity contribution >= 4 is 29.3 Å². The zero-order valence-electron chi connectivity index (χ0n) is 20.4. The molecular weight excluding hydrogens is 491 g/mol. The molecule has 1 spiro atoms.